The van der Waals surface area contributed by atoms with Crippen LogP contribution in [0.4, 0.5) is 29.3 Å². The molecule has 0 saturated carbocycles. The number of nitrogens with one attached hydrogen (secondary N) is 1. The maximum Gasteiger partial charge on any atom is 0.573 e. The normalized spacial score (nSPS) is 14.9. The van der Waals surface area contributed by atoms with Crippen LogP contribution in [-0.2, 0) is 0 Å². The number of piperidine rings is 1. The Bertz CT molecular complexity index is 1160. The number of para-hydroxylation sites is 2. The summed E-state index contributed by atoms with van der Waals surface area (Å²) in [6.45, 7) is 1.32. The highest BCUT2D eigenvalue weighted by molar-refractivity contribution is 7.78. The summed E-state index contributed by atoms with van der Waals surface area (Å²) in [6.07, 6.45) is -1.86. The van der Waals surface area contributed by atoms with E-state index in [2.05, 4.69) is 32.8 Å². The summed E-state index contributed by atoms with van der Waals surface area (Å²) in [5.41, 5.74) is 1.76. The number of thiol groups is 1. The molecule has 1 saturated heterocycles. The number of anilines is 2. The Hall–Kier alpha value is -2.85. The van der Waals surface area contributed by atoms with Gasteiger partial charge in [0, 0.05) is 41.4 Å². The molecule has 4 rings (SSSR count). The summed E-state index contributed by atoms with van der Waals surface area (Å²) in [7, 11) is 0. The lowest BCUT2D eigenvalue weighted by atomic mass is 10.0. The summed E-state index contributed by atoms with van der Waals surface area (Å²) in [5, 5.41) is 4.03. The molecule has 0 radical (unpaired) electrons. The first-order valence-electron chi connectivity index (χ1n) is 10.1. The molecule has 0 bridgehead atoms. The molecule has 0 spiro atoms. The van der Waals surface area contributed by atoms with Crippen LogP contribution >= 0.6 is 24.4 Å². The number of nitrogens with zero attached hydrogens (tertiary/aromatic N) is 3. The van der Waals surface area contributed by atoms with Crippen molar-refractivity contribution in [1.29, 1.82) is 0 Å². The van der Waals surface area contributed by atoms with Gasteiger partial charge >= 0.3 is 12.4 Å². The molecule has 174 valence electrons. The third-order valence-corrected chi connectivity index (χ3v) is 6.14. The van der Waals surface area contributed by atoms with E-state index >= 15 is 0 Å². The number of pyridine rings is 1. The number of carbonyl (C=O) groups excluding carboxylic acids is 1. The third kappa shape index (κ3) is 5.56. The Morgan fingerprint density at radius 2 is 1.91 bits per heavy atom. The number of rotatable bonds is 4. The predicted molar refractivity (Wildman–Crippen MR) is 125 cm³/mol. The van der Waals surface area contributed by atoms with E-state index < -0.39 is 18.1 Å². The van der Waals surface area contributed by atoms with Gasteiger partial charge in [-0.3, -0.25) is 9.29 Å². The largest absolute Gasteiger partial charge is 0.573 e. The number of aromatic nitrogens is 1. The van der Waals surface area contributed by atoms with Crippen LogP contribution in [0.2, 0.25) is 5.02 Å². The van der Waals surface area contributed by atoms with E-state index in [1.165, 1.54) is 22.5 Å². The monoisotopic (exact) mass is 496 g/mol. The number of urea groups is 1. The molecule has 1 N–H and O–H groups in total. The van der Waals surface area contributed by atoms with E-state index in [9.17, 15) is 18.0 Å². The van der Waals surface area contributed by atoms with Gasteiger partial charge in [-0.25, -0.2) is 4.79 Å². The maximum atomic E-state index is 12.7. The van der Waals surface area contributed by atoms with Crippen LogP contribution in [0.1, 0.15) is 12.8 Å². The lowest BCUT2D eigenvalue weighted by Crippen LogP contribution is -2.44. The number of fused-ring (bicyclic) bond motifs is 1. The van der Waals surface area contributed by atoms with Crippen LogP contribution < -0.4 is 15.0 Å². The van der Waals surface area contributed by atoms with E-state index in [0.717, 1.165) is 22.7 Å². The fourth-order valence-corrected chi connectivity index (χ4v) is 4.31. The van der Waals surface area contributed by atoms with Crippen LogP contribution in [0.3, 0.4) is 0 Å². The zero-order valence-corrected chi connectivity index (χ0v) is 18.9. The summed E-state index contributed by atoms with van der Waals surface area (Å²) in [5.74, 6) is -0.488. The van der Waals surface area contributed by atoms with E-state index in [0.29, 0.717) is 31.0 Å². The second-order valence-corrected chi connectivity index (χ2v) is 8.40. The Kier molecular flexibility index (Phi) is 6.76. The molecule has 1 aliphatic rings. The number of hydrogen-bond donors (Lipinski definition) is 2. The first kappa shape index (κ1) is 23.3. The number of hydrogen-bond acceptors (Lipinski definition) is 5. The number of ether oxygens (including phenoxy) is 1. The molecular formula is C22H20ClF3N4O2S. The second-order valence-electron chi connectivity index (χ2n) is 7.53. The second kappa shape index (κ2) is 9.56. The fraction of sp³-hybridized carbons (Fsp3) is 0.273. The topological polar surface area (TPSA) is 57.7 Å². The molecule has 3 aromatic rings. The number of carbonyl (C=O) groups is 1. The van der Waals surface area contributed by atoms with Gasteiger partial charge in [0.15, 0.2) is 5.75 Å². The average molecular weight is 497 g/mol. The SMILES string of the molecule is O=C(Nc1ccccc1OC(F)(F)F)N(S)C1CCN(c2ccnc3ccc(Cl)cc23)CC1. The molecule has 0 aliphatic carbocycles. The van der Waals surface area contributed by atoms with Crippen molar-refractivity contribution in [3.8, 4) is 5.75 Å². The Morgan fingerprint density at radius 1 is 1.18 bits per heavy atom. The Balaban J connectivity index is 1.41. The first-order chi connectivity index (χ1) is 15.7. The van der Waals surface area contributed by atoms with Gasteiger partial charge in [-0.2, -0.15) is 0 Å². The standard InChI is InChI=1S/C22H20ClF3N4O2S/c23-14-5-6-17-16(13-14)19(7-10-27-17)29-11-8-15(9-12-29)30(33)21(31)28-18-3-1-2-4-20(18)32-22(24,25)26/h1-7,10,13,15,33H,8-9,11-12H2,(H,28,31). The van der Waals surface area contributed by atoms with Crippen molar-refractivity contribution in [2.24, 2.45) is 0 Å². The fourth-order valence-electron chi connectivity index (χ4n) is 3.85. The number of amides is 2. The predicted octanol–water partition coefficient (Wildman–Crippen LogP) is 6.13. The van der Waals surface area contributed by atoms with E-state index in [4.69, 9.17) is 11.6 Å². The molecule has 0 atom stereocenters. The van der Waals surface area contributed by atoms with Crippen molar-refractivity contribution < 1.29 is 22.7 Å². The molecule has 2 aromatic carbocycles. The number of halogens is 4. The van der Waals surface area contributed by atoms with Crippen molar-refractivity contribution in [2.75, 3.05) is 23.3 Å². The average Bonchev–Trinajstić information content (AvgIpc) is 2.78. The Morgan fingerprint density at radius 3 is 2.64 bits per heavy atom. The molecular weight excluding hydrogens is 477 g/mol. The van der Waals surface area contributed by atoms with Gasteiger partial charge in [0.1, 0.15) is 0 Å². The van der Waals surface area contributed by atoms with Crippen molar-refractivity contribution in [1.82, 2.24) is 9.29 Å². The third-order valence-electron chi connectivity index (χ3n) is 5.39. The molecule has 6 nitrogen and oxygen atoms in total. The number of alkyl halides is 3. The minimum Gasteiger partial charge on any atom is -0.404 e. The van der Waals surface area contributed by atoms with Crippen LogP contribution in [0.5, 0.6) is 5.75 Å². The molecule has 1 fully saturated rings. The smallest absolute Gasteiger partial charge is 0.404 e. The summed E-state index contributed by atoms with van der Waals surface area (Å²) in [4.78, 5) is 19.2. The van der Waals surface area contributed by atoms with Crippen molar-refractivity contribution in [3.63, 3.8) is 0 Å². The molecule has 33 heavy (non-hydrogen) atoms. The lowest BCUT2D eigenvalue weighted by molar-refractivity contribution is -0.274. The summed E-state index contributed by atoms with van der Waals surface area (Å²) >= 11 is 10.5. The van der Waals surface area contributed by atoms with Crippen LogP contribution in [-0.4, -0.2) is 40.8 Å². The van der Waals surface area contributed by atoms with Crippen LogP contribution in [0, 0.1) is 0 Å². The van der Waals surface area contributed by atoms with Gasteiger partial charge in [0.2, 0.25) is 0 Å². The minimum atomic E-state index is -4.87. The Labute approximate surface area is 198 Å². The quantitative estimate of drug-likeness (QED) is 0.426. The van der Waals surface area contributed by atoms with E-state index in [-0.39, 0.29) is 11.7 Å². The minimum absolute atomic E-state index is 0.0866. The maximum absolute atomic E-state index is 12.7. The molecule has 0 unspecified atom stereocenters. The zero-order chi connectivity index (χ0) is 23.6. The highest BCUT2D eigenvalue weighted by Gasteiger charge is 2.33. The highest BCUT2D eigenvalue weighted by Crippen LogP contribution is 2.33. The van der Waals surface area contributed by atoms with Crippen molar-refractivity contribution in [3.05, 3.63) is 59.8 Å². The highest BCUT2D eigenvalue weighted by atomic mass is 35.5. The first-order valence-corrected chi connectivity index (χ1v) is 10.9. The van der Waals surface area contributed by atoms with Gasteiger partial charge in [0.05, 0.1) is 11.2 Å². The molecule has 2 amide bonds. The van der Waals surface area contributed by atoms with E-state index in [1.54, 1.807) is 12.3 Å². The van der Waals surface area contributed by atoms with Crippen LogP contribution in [0.15, 0.2) is 54.7 Å². The van der Waals surface area contributed by atoms with Gasteiger partial charge in [-0.05, 0) is 49.2 Å². The molecule has 11 heteroatoms. The van der Waals surface area contributed by atoms with Crippen LogP contribution in [0.25, 0.3) is 10.9 Å². The zero-order valence-electron chi connectivity index (χ0n) is 17.2. The van der Waals surface area contributed by atoms with Gasteiger partial charge < -0.3 is 15.0 Å². The summed E-state index contributed by atoms with van der Waals surface area (Å²) in [6, 6.07) is 12.0. The van der Waals surface area contributed by atoms with Gasteiger partial charge in [-0.1, -0.05) is 36.5 Å². The van der Waals surface area contributed by atoms with Gasteiger partial charge in [-0.15, -0.1) is 13.2 Å². The number of benzene rings is 2. The molecule has 2 heterocycles. The van der Waals surface area contributed by atoms with Crippen molar-refractivity contribution in [2.45, 2.75) is 25.2 Å². The van der Waals surface area contributed by atoms with Gasteiger partial charge in [0.25, 0.3) is 0 Å². The van der Waals surface area contributed by atoms with E-state index in [1.807, 2.05) is 18.2 Å². The lowest BCUT2D eigenvalue weighted by Gasteiger charge is -2.37. The molecule has 1 aromatic heterocycles. The molecule has 1 aliphatic heterocycles. The van der Waals surface area contributed by atoms with Crippen molar-refractivity contribution >= 4 is 52.7 Å². The summed E-state index contributed by atoms with van der Waals surface area (Å²) < 4.78 is 43.1.